The van der Waals surface area contributed by atoms with Crippen LogP contribution in [-0.2, 0) is 0 Å². The van der Waals surface area contributed by atoms with E-state index in [1.54, 1.807) is 0 Å². The van der Waals surface area contributed by atoms with Crippen molar-refractivity contribution in [3.8, 4) is 0 Å². The van der Waals surface area contributed by atoms with Gasteiger partial charge in [0.25, 0.3) is 0 Å². The minimum absolute atomic E-state index is 0.920. The lowest BCUT2D eigenvalue weighted by atomic mass is 9.82. The third kappa shape index (κ3) is 13.8. The molecule has 0 bridgehead atoms. The van der Waals surface area contributed by atoms with Gasteiger partial charge < -0.3 is 0 Å². The minimum atomic E-state index is 0.920. The second-order valence-electron chi connectivity index (χ2n) is 11.8. The summed E-state index contributed by atoms with van der Waals surface area (Å²) in [7, 11) is 0. The summed E-state index contributed by atoms with van der Waals surface area (Å²) in [5, 5.41) is 0. The van der Waals surface area contributed by atoms with Crippen molar-refractivity contribution in [3.05, 3.63) is 0 Å². The fraction of sp³-hybridized carbons (Fsp3) is 1.00. The summed E-state index contributed by atoms with van der Waals surface area (Å²) in [5.74, 6) is 5.96. The van der Waals surface area contributed by atoms with Gasteiger partial charge >= 0.3 is 0 Å². The van der Waals surface area contributed by atoms with Crippen LogP contribution in [0.5, 0.6) is 0 Å². The summed E-state index contributed by atoms with van der Waals surface area (Å²) in [6.07, 6.45) is 25.4. The van der Waals surface area contributed by atoms with Gasteiger partial charge in [0.15, 0.2) is 0 Å². The van der Waals surface area contributed by atoms with Gasteiger partial charge in [-0.3, -0.25) is 0 Å². The van der Waals surface area contributed by atoms with Gasteiger partial charge in [0.2, 0.25) is 0 Å². The standard InChI is InChI=1S/2C10H20.C9H18/c1-9(2)8-10-6-4-3-5-7-10;1-9(2)10-7-5-3-4-6-8-10;1-8(2)9-6-4-3-5-7-9/h2*9-10H,3-8H2,1-2H3;8-9H,3-7H2,1-2H3. The predicted octanol–water partition coefficient (Wildman–Crippen LogP) is 10.4. The van der Waals surface area contributed by atoms with Crippen molar-refractivity contribution >= 4 is 0 Å². The molecule has 3 saturated carbocycles. The number of rotatable bonds is 4. The van der Waals surface area contributed by atoms with Gasteiger partial charge in [-0.25, -0.2) is 0 Å². The largest absolute Gasteiger partial charge is 0.0628 e. The summed E-state index contributed by atoms with van der Waals surface area (Å²) in [4.78, 5) is 0. The molecule has 0 nitrogen and oxygen atoms in total. The van der Waals surface area contributed by atoms with Crippen molar-refractivity contribution < 1.29 is 0 Å². The van der Waals surface area contributed by atoms with Crippen molar-refractivity contribution in [1.82, 2.24) is 0 Å². The van der Waals surface area contributed by atoms with Gasteiger partial charge in [0, 0.05) is 0 Å². The van der Waals surface area contributed by atoms with Crippen LogP contribution < -0.4 is 0 Å². The van der Waals surface area contributed by atoms with Crippen molar-refractivity contribution in [2.45, 2.75) is 151 Å². The Morgan fingerprint density at radius 3 is 1.07 bits per heavy atom. The average Bonchev–Trinajstić information content (AvgIpc) is 3.00. The molecular formula is C29H58. The maximum absolute atomic E-state index is 2.37. The molecule has 0 N–H and O–H groups in total. The van der Waals surface area contributed by atoms with Crippen LogP contribution in [0.2, 0.25) is 0 Å². The molecule has 0 heterocycles. The Labute approximate surface area is 186 Å². The first kappa shape index (κ1) is 27.0. The molecule has 0 atom stereocenters. The first-order valence-electron chi connectivity index (χ1n) is 13.9. The Morgan fingerprint density at radius 1 is 0.448 bits per heavy atom. The molecule has 0 aliphatic heterocycles. The third-order valence-electron chi connectivity index (χ3n) is 7.96. The molecule has 3 aliphatic carbocycles. The molecular weight excluding hydrogens is 348 g/mol. The fourth-order valence-corrected chi connectivity index (χ4v) is 5.87. The zero-order valence-electron chi connectivity index (χ0n) is 21.5. The van der Waals surface area contributed by atoms with Crippen molar-refractivity contribution in [2.24, 2.45) is 35.5 Å². The van der Waals surface area contributed by atoms with Crippen LogP contribution in [0.25, 0.3) is 0 Å². The Balaban J connectivity index is 0.000000218. The van der Waals surface area contributed by atoms with Crippen LogP contribution in [0.4, 0.5) is 0 Å². The summed E-state index contributed by atoms with van der Waals surface area (Å²) < 4.78 is 0. The van der Waals surface area contributed by atoms with E-state index in [2.05, 4.69) is 41.5 Å². The molecule has 0 saturated heterocycles. The second kappa shape index (κ2) is 16.7. The average molecular weight is 407 g/mol. The molecule has 0 aromatic rings. The SMILES string of the molecule is CC(C)C1CCCCC1.CC(C)C1CCCCCC1.CC(C)CC1CCCCC1. The topological polar surface area (TPSA) is 0 Å². The van der Waals surface area contributed by atoms with Crippen LogP contribution in [0.3, 0.4) is 0 Å². The van der Waals surface area contributed by atoms with Gasteiger partial charge in [0.05, 0.1) is 0 Å². The molecule has 0 unspecified atom stereocenters. The molecule has 0 radical (unpaired) electrons. The Hall–Kier alpha value is 0. The van der Waals surface area contributed by atoms with E-state index in [0.29, 0.717) is 0 Å². The Morgan fingerprint density at radius 2 is 0.759 bits per heavy atom. The van der Waals surface area contributed by atoms with E-state index in [1.807, 2.05) is 0 Å². The van der Waals surface area contributed by atoms with Crippen LogP contribution in [0.1, 0.15) is 151 Å². The number of hydrogen-bond donors (Lipinski definition) is 0. The summed E-state index contributed by atoms with van der Waals surface area (Å²) in [6, 6.07) is 0. The Bertz CT molecular complexity index is 333. The van der Waals surface area contributed by atoms with Gasteiger partial charge in [-0.15, -0.1) is 0 Å². The quantitative estimate of drug-likeness (QED) is 0.407. The van der Waals surface area contributed by atoms with E-state index in [9.17, 15) is 0 Å². The maximum Gasteiger partial charge on any atom is -0.0391 e. The highest BCUT2D eigenvalue weighted by atomic mass is 14.2. The van der Waals surface area contributed by atoms with Gasteiger partial charge in [0.1, 0.15) is 0 Å². The van der Waals surface area contributed by atoms with E-state index < -0.39 is 0 Å². The molecule has 174 valence electrons. The highest BCUT2D eigenvalue weighted by Crippen LogP contribution is 2.30. The van der Waals surface area contributed by atoms with E-state index in [-0.39, 0.29) is 0 Å². The Kier molecular flexibility index (Phi) is 15.5. The van der Waals surface area contributed by atoms with Crippen molar-refractivity contribution in [1.29, 1.82) is 0 Å². The van der Waals surface area contributed by atoms with Crippen LogP contribution in [-0.4, -0.2) is 0 Å². The molecule has 0 aromatic heterocycles. The maximum atomic E-state index is 2.37. The number of hydrogen-bond acceptors (Lipinski definition) is 0. The predicted molar refractivity (Wildman–Crippen MR) is 133 cm³/mol. The molecule has 29 heavy (non-hydrogen) atoms. The lowest BCUT2D eigenvalue weighted by Gasteiger charge is -2.24. The van der Waals surface area contributed by atoms with Crippen LogP contribution >= 0.6 is 0 Å². The van der Waals surface area contributed by atoms with Crippen LogP contribution in [0, 0.1) is 35.5 Å². The highest BCUT2D eigenvalue weighted by Gasteiger charge is 2.16. The van der Waals surface area contributed by atoms with E-state index in [0.717, 1.165) is 35.5 Å². The molecule has 3 fully saturated rings. The zero-order chi connectivity index (χ0) is 21.5. The van der Waals surface area contributed by atoms with E-state index in [1.165, 1.54) is 109 Å². The lowest BCUT2D eigenvalue weighted by molar-refractivity contribution is 0.279. The molecule has 0 aromatic carbocycles. The first-order chi connectivity index (χ1) is 13.9. The lowest BCUT2D eigenvalue weighted by Crippen LogP contribution is -2.12. The van der Waals surface area contributed by atoms with E-state index in [4.69, 9.17) is 0 Å². The molecule has 0 heteroatoms. The molecule has 0 amide bonds. The fourth-order valence-electron chi connectivity index (χ4n) is 5.87. The first-order valence-corrected chi connectivity index (χ1v) is 13.9. The highest BCUT2D eigenvalue weighted by molar-refractivity contribution is 4.68. The molecule has 3 aliphatic rings. The van der Waals surface area contributed by atoms with Crippen molar-refractivity contribution in [3.63, 3.8) is 0 Å². The van der Waals surface area contributed by atoms with E-state index >= 15 is 0 Å². The van der Waals surface area contributed by atoms with Crippen molar-refractivity contribution in [2.75, 3.05) is 0 Å². The monoisotopic (exact) mass is 406 g/mol. The van der Waals surface area contributed by atoms with Gasteiger partial charge in [-0.05, 0) is 41.9 Å². The minimum Gasteiger partial charge on any atom is -0.0628 e. The van der Waals surface area contributed by atoms with Crippen LogP contribution in [0.15, 0.2) is 0 Å². The van der Waals surface area contributed by atoms with Gasteiger partial charge in [-0.1, -0.05) is 144 Å². The molecule has 3 rings (SSSR count). The normalized spacial score (nSPS) is 22.7. The van der Waals surface area contributed by atoms with Gasteiger partial charge in [-0.2, -0.15) is 0 Å². The second-order valence-corrected chi connectivity index (χ2v) is 11.8. The summed E-state index contributed by atoms with van der Waals surface area (Å²) in [5.41, 5.74) is 0. The zero-order valence-corrected chi connectivity index (χ0v) is 21.5. The smallest absolute Gasteiger partial charge is 0.0391 e. The summed E-state index contributed by atoms with van der Waals surface area (Å²) >= 11 is 0. The molecule has 0 spiro atoms. The summed E-state index contributed by atoms with van der Waals surface area (Å²) in [6.45, 7) is 14.1. The third-order valence-corrected chi connectivity index (χ3v) is 7.96.